The molecule has 0 radical (unpaired) electrons. The Hall–Kier alpha value is -1.44. The maximum Gasteiger partial charge on any atom is 0.227 e. The molecule has 0 saturated carbocycles. The van der Waals surface area contributed by atoms with Crippen LogP contribution in [0.5, 0.6) is 0 Å². The van der Waals surface area contributed by atoms with Gasteiger partial charge in [0.2, 0.25) is 5.91 Å². The second kappa shape index (κ2) is 8.93. The van der Waals surface area contributed by atoms with E-state index in [1.54, 1.807) is 0 Å². The first-order chi connectivity index (χ1) is 13.6. The number of amides is 1. The largest absolute Gasteiger partial charge is 0.378 e. The van der Waals surface area contributed by atoms with E-state index < -0.39 is 0 Å². The molecule has 7 heteroatoms. The number of nitrogens with zero attached hydrogens (tertiary/aromatic N) is 5. The Kier molecular flexibility index (Phi) is 6.33. The fourth-order valence-corrected chi connectivity index (χ4v) is 4.96. The average molecular weight is 390 g/mol. The molecule has 0 N–H and O–H groups in total. The Balaban J connectivity index is 1.27. The number of carbonyl (C=O) groups excluding carboxylic acids is 1. The summed E-state index contributed by atoms with van der Waals surface area (Å²) in [7, 11) is 2.01. The summed E-state index contributed by atoms with van der Waals surface area (Å²) in [4.78, 5) is 20.1. The van der Waals surface area contributed by atoms with Crippen molar-refractivity contribution in [2.75, 3.05) is 52.5 Å². The molecule has 1 aromatic rings. The highest BCUT2D eigenvalue weighted by atomic mass is 16.5. The molecule has 156 valence electrons. The number of aryl methyl sites for hydroxylation is 1. The van der Waals surface area contributed by atoms with E-state index in [0.717, 1.165) is 58.7 Å². The maximum absolute atomic E-state index is 12.9. The van der Waals surface area contributed by atoms with Gasteiger partial charge in [-0.3, -0.25) is 19.3 Å². The van der Waals surface area contributed by atoms with Gasteiger partial charge in [0.05, 0.1) is 25.3 Å². The Morgan fingerprint density at radius 3 is 2.57 bits per heavy atom. The minimum Gasteiger partial charge on any atom is -0.378 e. The molecule has 1 aromatic heterocycles. The summed E-state index contributed by atoms with van der Waals surface area (Å²) in [5, 5.41) is 4.37. The molecule has 3 aliphatic rings. The molecule has 0 aliphatic carbocycles. The van der Waals surface area contributed by atoms with Crippen LogP contribution in [0.2, 0.25) is 0 Å². The van der Waals surface area contributed by atoms with Crippen molar-refractivity contribution in [1.82, 2.24) is 24.5 Å². The van der Waals surface area contributed by atoms with Crippen LogP contribution in [-0.2, 0) is 23.1 Å². The molecular weight excluding hydrogens is 354 g/mol. The lowest BCUT2D eigenvalue weighted by Crippen LogP contribution is -2.52. The van der Waals surface area contributed by atoms with Gasteiger partial charge < -0.3 is 9.64 Å². The number of morpholine rings is 1. The van der Waals surface area contributed by atoms with Gasteiger partial charge in [0.25, 0.3) is 0 Å². The quantitative estimate of drug-likeness (QED) is 0.776. The third-order valence-electron chi connectivity index (χ3n) is 6.93. The van der Waals surface area contributed by atoms with Gasteiger partial charge in [-0.05, 0) is 52.2 Å². The standard InChI is InChI=1S/C21H35N5O2/c1-17-19(14-22-23(17)2)15-24-8-5-20(6-9-24)26-7-3-4-18(16-26)21(27)25-10-12-28-13-11-25/h14,18,20H,3-13,15-16H2,1-2H3/t18-/m1/s1. The topological polar surface area (TPSA) is 53.8 Å². The normalized spacial score (nSPS) is 25.9. The zero-order chi connectivity index (χ0) is 19.5. The van der Waals surface area contributed by atoms with Crippen LogP contribution < -0.4 is 0 Å². The third-order valence-corrected chi connectivity index (χ3v) is 6.93. The zero-order valence-electron chi connectivity index (χ0n) is 17.5. The summed E-state index contributed by atoms with van der Waals surface area (Å²) >= 11 is 0. The predicted molar refractivity (Wildman–Crippen MR) is 108 cm³/mol. The molecular formula is C21H35N5O2. The third kappa shape index (κ3) is 4.42. The van der Waals surface area contributed by atoms with E-state index in [1.165, 1.54) is 24.1 Å². The first-order valence-corrected chi connectivity index (χ1v) is 10.9. The summed E-state index contributed by atoms with van der Waals surface area (Å²) in [6, 6.07) is 0.631. The lowest BCUT2D eigenvalue weighted by molar-refractivity contribution is -0.142. The Bertz CT molecular complexity index is 662. The summed E-state index contributed by atoms with van der Waals surface area (Å²) in [6.07, 6.45) is 6.62. The Labute approximate surface area is 168 Å². The predicted octanol–water partition coefficient (Wildman–Crippen LogP) is 1.26. The number of carbonyl (C=O) groups is 1. The van der Waals surface area contributed by atoms with Crippen LogP contribution in [0.25, 0.3) is 0 Å². The lowest BCUT2D eigenvalue weighted by atomic mass is 9.92. The van der Waals surface area contributed by atoms with E-state index >= 15 is 0 Å². The maximum atomic E-state index is 12.9. The fraction of sp³-hybridized carbons (Fsp3) is 0.810. The first kappa shape index (κ1) is 19.9. The van der Waals surface area contributed by atoms with E-state index in [2.05, 4.69) is 21.8 Å². The molecule has 0 bridgehead atoms. The number of piperidine rings is 2. The van der Waals surface area contributed by atoms with Crippen molar-refractivity contribution in [2.24, 2.45) is 13.0 Å². The highest BCUT2D eigenvalue weighted by Gasteiger charge is 2.34. The van der Waals surface area contributed by atoms with Crippen molar-refractivity contribution in [2.45, 2.75) is 45.2 Å². The zero-order valence-corrected chi connectivity index (χ0v) is 17.5. The van der Waals surface area contributed by atoms with Gasteiger partial charge in [-0.15, -0.1) is 0 Å². The number of aromatic nitrogens is 2. The van der Waals surface area contributed by atoms with Crippen molar-refractivity contribution in [3.05, 3.63) is 17.5 Å². The van der Waals surface area contributed by atoms with Crippen molar-refractivity contribution < 1.29 is 9.53 Å². The lowest BCUT2D eigenvalue weighted by Gasteiger charge is -2.43. The van der Waals surface area contributed by atoms with E-state index in [4.69, 9.17) is 4.74 Å². The highest BCUT2D eigenvalue weighted by molar-refractivity contribution is 5.79. The second-order valence-corrected chi connectivity index (χ2v) is 8.66. The molecule has 0 spiro atoms. The van der Waals surface area contributed by atoms with E-state index in [1.807, 2.05) is 22.8 Å². The molecule has 1 atom stereocenters. The van der Waals surface area contributed by atoms with Gasteiger partial charge in [0.15, 0.2) is 0 Å². The minimum atomic E-state index is 0.183. The van der Waals surface area contributed by atoms with Gasteiger partial charge in [0.1, 0.15) is 0 Å². The number of likely N-dealkylation sites (tertiary alicyclic amines) is 2. The van der Waals surface area contributed by atoms with Crippen LogP contribution in [0.4, 0.5) is 0 Å². The van der Waals surface area contributed by atoms with Crippen LogP contribution >= 0.6 is 0 Å². The van der Waals surface area contributed by atoms with Crippen molar-refractivity contribution >= 4 is 5.91 Å². The molecule has 4 rings (SSSR count). The molecule has 0 unspecified atom stereocenters. The molecule has 4 heterocycles. The summed E-state index contributed by atoms with van der Waals surface area (Å²) < 4.78 is 7.36. The Morgan fingerprint density at radius 1 is 1.14 bits per heavy atom. The molecule has 1 amide bonds. The van der Waals surface area contributed by atoms with Crippen LogP contribution in [0.15, 0.2) is 6.20 Å². The molecule has 3 saturated heterocycles. The molecule has 28 heavy (non-hydrogen) atoms. The monoisotopic (exact) mass is 389 g/mol. The van der Waals surface area contributed by atoms with Crippen molar-refractivity contribution in [3.63, 3.8) is 0 Å². The van der Waals surface area contributed by atoms with E-state index in [9.17, 15) is 4.79 Å². The van der Waals surface area contributed by atoms with Crippen molar-refractivity contribution in [3.8, 4) is 0 Å². The van der Waals surface area contributed by atoms with Gasteiger partial charge >= 0.3 is 0 Å². The van der Waals surface area contributed by atoms with Crippen LogP contribution in [0.1, 0.15) is 36.9 Å². The molecule has 3 aliphatic heterocycles. The average Bonchev–Trinajstić information content (AvgIpc) is 3.06. The van der Waals surface area contributed by atoms with Gasteiger partial charge in [-0.25, -0.2) is 0 Å². The van der Waals surface area contributed by atoms with Gasteiger partial charge in [0, 0.05) is 50.5 Å². The van der Waals surface area contributed by atoms with Crippen LogP contribution in [-0.4, -0.2) is 88.9 Å². The molecule has 3 fully saturated rings. The first-order valence-electron chi connectivity index (χ1n) is 10.9. The van der Waals surface area contributed by atoms with Crippen molar-refractivity contribution in [1.29, 1.82) is 0 Å². The number of hydrogen-bond donors (Lipinski definition) is 0. The van der Waals surface area contributed by atoms with E-state index in [0.29, 0.717) is 25.2 Å². The minimum absolute atomic E-state index is 0.183. The second-order valence-electron chi connectivity index (χ2n) is 8.66. The van der Waals surface area contributed by atoms with Crippen LogP contribution in [0.3, 0.4) is 0 Å². The van der Waals surface area contributed by atoms with E-state index in [-0.39, 0.29) is 5.92 Å². The molecule has 0 aromatic carbocycles. The SMILES string of the molecule is Cc1c(CN2CCC(N3CCC[C@@H](C(=O)N4CCOCC4)C3)CC2)cnn1C. The summed E-state index contributed by atoms with van der Waals surface area (Å²) in [5.41, 5.74) is 2.61. The number of rotatable bonds is 4. The van der Waals surface area contributed by atoms with Gasteiger partial charge in [-0.2, -0.15) is 5.10 Å². The number of ether oxygens (including phenoxy) is 1. The summed E-state index contributed by atoms with van der Waals surface area (Å²) in [6.45, 7) is 10.4. The molecule has 7 nitrogen and oxygen atoms in total. The highest BCUT2D eigenvalue weighted by Crippen LogP contribution is 2.26. The summed E-state index contributed by atoms with van der Waals surface area (Å²) in [5.74, 6) is 0.542. The van der Waals surface area contributed by atoms with Crippen LogP contribution in [0, 0.1) is 12.8 Å². The Morgan fingerprint density at radius 2 is 1.89 bits per heavy atom. The number of hydrogen-bond acceptors (Lipinski definition) is 5. The fourth-order valence-electron chi connectivity index (χ4n) is 4.96. The smallest absolute Gasteiger partial charge is 0.227 e. The van der Waals surface area contributed by atoms with Gasteiger partial charge in [-0.1, -0.05) is 0 Å².